The summed E-state index contributed by atoms with van der Waals surface area (Å²) in [6, 6.07) is 13.8. The Morgan fingerprint density at radius 2 is 1.79 bits per heavy atom. The molecule has 0 radical (unpaired) electrons. The zero-order valence-corrected chi connectivity index (χ0v) is 14.9. The maximum Gasteiger partial charge on any atom is 0.283 e. The van der Waals surface area contributed by atoms with Gasteiger partial charge in [-0.15, -0.1) is 0 Å². The molecule has 2 aromatic carbocycles. The van der Waals surface area contributed by atoms with Crippen LogP contribution in [0.1, 0.15) is 0 Å². The van der Waals surface area contributed by atoms with Crippen LogP contribution in [0, 0.1) is 0 Å². The molecule has 0 aromatic heterocycles. The predicted octanol–water partition coefficient (Wildman–Crippen LogP) is 3.89. The van der Waals surface area contributed by atoms with Crippen LogP contribution >= 0.6 is 27.5 Å². The van der Waals surface area contributed by atoms with Gasteiger partial charge in [0.1, 0.15) is 16.5 Å². The van der Waals surface area contributed by atoms with Crippen LogP contribution in [-0.2, 0) is 9.59 Å². The average Bonchev–Trinajstić information content (AvgIpc) is 2.80. The summed E-state index contributed by atoms with van der Waals surface area (Å²) in [7, 11) is 1.55. The highest BCUT2D eigenvalue weighted by Gasteiger charge is 2.38. The van der Waals surface area contributed by atoms with Gasteiger partial charge < -0.3 is 10.1 Å². The first-order valence-electron chi connectivity index (χ1n) is 6.96. The summed E-state index contributed by atoms with van der Waals surface area (Å²) in [6.07, 6.45) is 0. The Morgan fingerprint density at radius 1 is 1.08 bits per heavy atom. The molecule has 1 N–H and O–H groups in total. The number of rotatable bonds is 4. The van der Waals surface area contributed by atoms with E-state index in [1.807, 2.05) is 0 Å². The zero-order chi connectivity index (χ0) is 17.3. The van der Waals surface area contributed by atoms with Crippen molar-refractivity contribution >= 4 is 50.7 Å². The number of anilines is 2. The molecular weight excluding hydrogens is 396 g/mol. The monoisotopic (exact) mass is 406 g/mol. The molecule has 122 valence electrons. The summed E-state index contributed by atoms with van der Waals surface area (Å²) in [6.45, 7) is 0. The molecule has 0 spiro atoms. The number of carbonyl (C=O) groups is 2. The van der Waals surface area contributed by atoms with Gasteiger partial charge in [-0.25, -0.2) is 4.90 Å². The Hall–Kier alpha value is -2.31. The molecule has 1 aliphatic heterocycles. The van der Waals surface area contributed by atoms with Crippen LogP contribution < -0.4 is 15.0 Å². The number of imide groups is 1. The molecule has 7 heteroatoms. The molecule has 0 aliphatic carbocycles. The van der Waals surface area contributed by atoms with Crippen LogP contribution in [0.15, 0.2) is 63.7 Å². The third-order valence-electron chi connectivity index (χ3n) is 3.45. The smallest absolute Gasteiger partial charge is 0.283 e. The van der Waals surface area contributed by atoms with Crippen LogP contribution in [0.4, 0.5) is 11.4 Å². The first-order valence-corrected chi connectivity index (χ1v) is 8.13. The van der Waals surface area contributed by atoms with Crippen molar-refractivity contribution in [3.05, 3.63) is 63.7 Å². The first kappa shape index (κ1) is 16.5. The van der Waals surface area contributed by atoms with E-state index >= 15 is 0 Å². The van der Waals surface area contributed by atoms with E-state index < -0.39 is 11.8 Å². The minimum atomic E-state index is -0.561. The summed E-state index contributed by atoms with van der Waals surface area (Å²) in [5.74, 6) is -0.442. The molecule has 2 aromatic rings. The van der Waals surface area contributed by atoms with Crippen molar-refractivity contribution in [2.75, 3.05) is 17.3 Å². The minimum Gasteiger partial charge on any atom is -0.497 e. The van der Waals surface area contributed by atoms with Crippen molar-refractivity contribution in [1.29, 1.82) is 0 Å². The number of amides is 2. The van der Waals surface area contributed by atoms with Gasteiger partial charge >= 0.3 is 0 Å². The molecule has 1 heterocycles. The number of methoxy groups -OCH3 is 1. The molecule has 0 bridgehead atoms. The molecule has 0 saturated heterocycles. The number of benzene rings is 2. The molecular formula is C17H12BrClN2O3. The van der Waals surface area contributed by atoms with E-state index in [0.717, 1.165) is 9.37 Å². The van der Waals surface area contributed by atoms with Gasteiger partial charge in [0.15, 0.2) is 0 Å². The van der Waals surface area contributed by atoms with Crippen molar-refractivity contribution in [2.24, 2.45) is 0 Å². The van der Waals surface area contributed by atoms with Crippen LogP contribution in [0.3, 0.4) is 0 Å². The number of nitrogens with zero attached hydrogens (tertiary/aromatic N) is 1. The van der Waals surface area contributed by atoms with Gasteiger partial charge in [-0.3, -0.25) is 9.59 Å². The molecule has 2 amide bonds. The Morgan fingerprint density at radius 3 is 2.46 bits per heavy atom. The standard InChI is InChI=1S/C17H12BrClN2O3/c1-24-13-4-2-3-11(9-13)20-15-14(19)16(22)21(17(15)23)12-7-5-10(18)6-8-12/h2-9,20H,1H3. The fourth-order valence-corrected chi connectivity index (χ4v) is 2.76. The largest absolute Gasteiger partial charge is 0.497 e. The van der Waals surface area contributed by atoms with E-state index in [-0.39, 0.29) is 10.7 Å². The Labute approximate surface area is 152 Å². The maximum atomic E-state index is 12.6. The predicted molar refractivity (Wildman–Crippen MR) is 96.1 cm³/mol. The maximum absolute atomic E-state index is 12.6. The fraction of sp³-hybridized carbons (Fsp3) is 0.0588. The van der Waals surface area contributed by atoms with E-state index in [9.17, 15) is 9.59 Å². The Kier molecular flexibility index (Phi) is 4.59. The van der Waals surface area contributed by atoms with Gasteiger partial charge in [-0.05, 0) is 36.4 Å². The van der Waals surface area contributed by atoms with Gasteiger partial charge in [-0.2, -0.15) is 0 Å². The Balaban J connectivity index is 1.90. The second-order valence-corrected chi connectivity index (χ2v) is 6.26. The number of hydrogen-bond acceptors (Lipinski definition) is 4. The van der Waals surface area contributed by atoms with E-state index in [0.29, 0.717) is 17.1 Å². The normalized spacial score (nSPS) is 14.4. The van der Waals surface area contributed by atoms with E-state index in [4.69, 9.17) is 16.3 Å². The van der Waals surface area contributed by atoms with E-state index in [1.165, 1.54) is 0 Å². The summed E-state index contributed by atoms with van der Waals surface area (Å²) >= 11 is 9.40. The molecule has 3 rings (SSSR count). The molecule has 24 heavy (non-hydrogen) atoms. The zero-order valence-electron chi connectivity index (χ0n) is 12.5. The van der Waals surface area contributed by atoms with Crippen LogP contribution in [0.5, 0.6) is 5.75 Å². The molecule has 0 saturated carbocycles. The molecule has 0 unspecified atom stereocenters. The van der Waals surface area contributed by atoms with Crippen molar-refractivity contribution in [3.63, 3.8) is 0 Å². The van der Waals surface area contributed by atoms with Crippen molar-refractivity contribution in [2.45, 2.75) is 0 Å². The second-order valence-electron chi connectivity index (χ2n) is 4.97. The van der Waals surface area contributed by atoms with Crippen LogP contribution in [0.25, 0.3) is 0 Å². The molecule has 0 atom stereocenters. The molecule has 5 nitrogen and oxygen atoms in total. The van der Waals surface area contributed by atoms with Crippen molar-refractivity contribution in [1.82, 2.24) is 0 Å². The molecule has 0 fully saturated rings. The number of nitrogens with one attached hydrogen (secondary N) is 1. The summed E-state index contributed by atoms with van der Waals surface area (Å²) in [5.41, 5.74) is 1.09. The lowest BCUT2D eigenvalue weighted by Gasteiger charge is -2.15. The van der Waals surface area contributed by atoms with Gasteiger partial charge in [-0.1, -0.05) is 33.6 Å². The molecule has 1 aliphatic rings. The number of halogens is 2. The van der Waals surface area contributed by atoms with Crippen LogP contribution in [0.2, 0.25) is 0 Å². The van der Waals surface area contributed by atoms with Gasteiger partial charge in [0.25, 0.3) is 11.8 Å². The van der Waals surface area contributed by atoms with E-state index in [2.05, 4.69) is 21.2 Å². The quantitative estimate of drug-likeness (QED) is 0.781. The van der Waals surface area contributed by atoms with E-state index in [1.54, 1.807) is 55.6 Å². The van der Waals surface area contributed by atoms with Crippen molar-refractivity contribution < 1.29 is 14.3 Å². The summed E-state index contributed by atoms with van der Waals surface area (Å²) < 4.78 is 5.99. The lowest BCUT2D eigenvalue weighted by atomic mass is 10.2. The first-order chi connectivity index (χ1) is 11.5. The fourth-order valence-electron chi connectivity index (χ4n) is 2.28. The topological polar surface area (TPSA) is 58.6 Å². The summed E-state index contributed by atoms with van der Waals surface area (Å²) in [4.78, 5) is 26.0. The number of carbonyl (C=O) groups excluding carboxylic acids is 2. The Bertz CT molecular complexity index is 849. The minimum absolute atomic E-state index is 0.0397. The highest BCUT2D eigenvalue weighted by Crippen LogP contribution is 2.31. The number of ether oxygens (including phenoxy) is 1. The lowest BCUT2D eigenvalue weighted by Crippen LogP contribution is -2.32. The average molecular weight is 408 g/mol. The van der Waals surface area contributed by atoms with Gasteiger partial charge in [0.05, 0.1) is 12.8 Å². The van der Waals surface area contributed by atoms with Crippen molar-refractivity contribution in [3.8, 4) is 5.75 Å². The lowest BCUT2D eigenvalue weighted by molar-refractivity contribution is -0.120. The highest BCUT2D eigenvalue weighted by atomic mass is 79.9. The van der Waals surface area contributed by atoms with Crippen LogP contribution in [-0.4, -0.2) is 18.9 Å². The van der Waals surface area contributed by atoms with Gasteiger partial charge in [0, 0.05) is 16.2 Å². The third-order valence-corrected chi connectivity index (χ3v) is 4.33. The third kappa shape index (κ3) is 3.02. The summed E-state index contributed by atoms with van der Waals surface area (Å²) in [5, 5.41) is 2.76. The second kappa shape index (κ2) is 6.67. The van der Waals surface area contributed by atoms with Gasteiger partial charge in [0.2, 0.25) is 0 Å². The highest BCUT2D eigenvalue weighted by molar-refractivity contribution is 9.10. The number of hydrogen-bond donors (Lipinski definition) is 1. The SMILES string of the molecule is COc1cccc(NC2=C(Cl)C(=O)N(c3ccc(Br)cc3)C2=O)c1.